The molecule has 0 amide bonds. The van der Waals surface area contributed by atoms with Crippen LogP contribution in [0.1, 0.15) is 23.5 Å². The number of carboxylic acid groups (broad SMARTS) is 1. The number of carbonyl (C=O) groups is 1. The molecule has 2 nitrogen and oxygen atoms in total. The smallest absolute Gasteiger partial charge is 0.331 e. The molecule has 0 saturated heterocycles. The molecular formula is C12H12O2. The van der Waals surface area contributed by atoms with E-state index in [9.17, 15) is 4.79 Å². The molecule has 72 valence electrons. The molecule has 1 aliphatic rings. The monoisotopic (exact) mass is 188 g/mol. The third-order valence-electron chi connectivity index (χ3n) is 2.83. The summed E-state index contributed by atoms with van der Waals surface area (Å²) < 4.78 is 0. The standard InChI is InChI=1S/C12H12O2/c1-8(12(13)14)10-7-6-9-4-2-3-5-11(9)10/h2-5,10H,1,6-7H2,(H,13,14). The van der Waals surface area contributed by atoms with Gasteiger partial charge in [0, 0.05) is 11.5 Å². The van der Waals surface area contributed by atoms with Gasteiger partial charge in [-0.1, -0.05) is 30.8 Å². The van der Waals surface area contributed by atoms with Gasteiger partial charge in [-0.15, -0.1) is 0 Å². The van der Waals surface area contributed by atoms with Gasteiger partial charge in [-0.25, -0.2) is 4.79 Å². The fraction of sp³-hybridized carbons (Fsp3) is 0.250. The van der Waals surface area contributed by atoms with Crippen LogP contribution >= 0.6 is 0 Å². The average Bonchev–Trinajstić information content (AvgIpc) is 2.60. The molecule has 1 N–H and O–H groups in total. The molecule has 0 bridgehead atoms. The Morgan fingerprint density at radius 1 is 1.43 bits per heavy atom. The number of fused-ring (bicyclic) bond motifs is 1. The Kier molecular flexibility index (Phi) is 2.12. The lowest BCUT2D eigenvalue weighted by atomic mass is 9.94. The molecule has 1 unspecified atom stereocenters. The fourth-order valence-electron chi connectivity index (χ4n) is 2.07. The number of rotatable bonds is 2. The van der Waals surface area contributed by atoms with Crippen molar-refractivity contribution in [2.45, 2.75) is 18.8 Å². The van der Waals surface area contributed by atoms with Crippen molar-refractivity contribution in [1.29, 1.82) is 0 Å². The Morgan fingerprint density at radius 3 is 2.86 bits per heavy atom. The maximum absolute atomic E-state index is 10.8. The first kappa shape index (κ1) is 9.00. The molecule has 0 saturated carbocycles. The minimum atomic E-state index is -0.883. The van der Waals surface area contributed by atoms with Gasteiger partial charge in [-0.05, 0) is 24.0 Å². The van der Waals surface area contributed by atoms with Gasteiger partial charge in [0.25, 0.3) is 0 Å². The van der Waals surface area contributed by atoms with Gasteiger partial charge in [-0.2, -0.15) is 0 Å². The third-order valence-corrected chi connectivity index (χ3v) is 2.83. The fourth-order valence-corrected chi connectivity index (χ4v) is 2.07. The van der Waals surface area contributed by atoms with Crippen molar-refractivity contribution in [3.8, 4) is 0 Å². The maximum Gasteiger partial charge on any atom is 0.331 e. The zero-order valence-corrected chi connectivity index (χ0v) is 7.86. The predicted octanol–water partition coefficient (Wildman–Crippen LogP) is 2.36. The van der Waals surface area contributed by atoms with Gasteiger partial charge in [0.05, 0.1) is 0 Å². The summed E-state index contributed by atoms with van der Waals surface area (Å²) >= 11 is 0. The first-order valence-electron chi connectivity index (χ1n) is 4.70. The van der Waals surface area contributed by atoms with Gasteiger partial charge >= 0.3 is 5.97 Å². The average molecular weight is 188 g/mol. The highest BCUT2D eigenvalue weighted by atomic mass is 16.4. The van der Waals surface area contributed by atoms with E-state index in [2.05, 4.69) is 12.6 Å². The molecular weight excluding hydrogens is 176 g/mol. The van der Waals surface area contributed by atoms with Crippen molar-refractivity contribution in [2.75, 3.05) is 0 Å². The van der Waals surface area contributed by atoms with E-state index in [0.29, 0.717) is 5.57 Å². The Bertz CT molecular complexity index is 393. The lowest BCUT2D eigenvalue weighted by Gasteiger charge is -2.10. The van der Waals surface area contributed by atoms with Gasteiger partial charge in [-0.3, -0.25) is 0 Å². The van der Waals surface area contributed by atoms with Crippen molar-refractivity contribution in [2.24, 2.45) is 0 Å². The normalized spacial score (nSPS) is 19.0. The van der Waals surface area contributed by atoms with E-state index in [0.717, 1.165) is 18.4 Å². The molecule has 0 spiro atoms. The van der Waals surface area contributed by atoms with Crippen molar-refractivity contribution >= 4 is 5.97 Å². The number of hydrogen-bond donors (Lipinski definition) is 1. The largest absolute Gasteiger partial charge is 0.478 e. The predicted molar refractivity (Wildman–Crippen MR) is 54.3 cm³/mol. The van der Waals surface area contributed by atoms with E-state index in [1.807, 2.05) is 18.2 Å². The highest BCUT2D eigenvalue weighted by Crippen LogP contribution is 2.37. The molecule has 1 aliphatic carbocycles. The molecule has 1 aromatic carbocycles. The van der Waals surface area contributed by atoms with Crippen LogP contribution in [0, 0.1) is 0 Å². The SMILES string of the molecule is C=C(C(=O)O)C1CCc2ccccc21. The molecule has 1 atom stereocenters. The Labute approximate surface area is 82.9 Å². The molecule has 2 rings (SSSR count). The summed E-state index contributed by atoms with van der Waals surface area (Å²) in [6, 6.07) is 8.00. The van der Waals surface area contributed by atoms with Crippen LogP contribution in [0.5, 0.6) is 0 Å². The Hall–Kier alpha value is -1.57. The summed E-state index contributed by atoms with van der Waals surface area (Å²) in [5, 5.41) is 8.87. The minimum Gasteiger partial charge on any atom is -0.478 e. The van der Waals surface area contributed by atoms with E-state index in [1.54, 1.807) is 0 Å². The van der Waals surface area contributed by atoms with Gasteiger partial charge in [0.2, 0.25) is 0 Å². The number of carboxylic acids is 1. The first-order chi connectivity index (χ1) is 6.70. The van der Waals surface area contributed by atoms with E-state index in [4.69, 9.17) is 5.11 Å². The van der Waals surface area contributed by atoms with Gasteiger partial charge in [0.1, 0.15) is 0 Å². The summed E-state index contributed by atoms with van der Waals surface area (Å²) in [6.07, 6.45) is 1.84. The summed E-state index contributed by atoms with van der Waals surface area (Å²) in [5.74, 6) is -0.865. The van der Waals surface area contributed by atoms with E-state index < -0.39 is 5.97 Å². The molecule has 0 radical (unpaired) electrons. The van der Waals surface area contributed by atoms with Gasteiger partial charge < -0.3 is 5.11 Å². The Balaban J connectivity index is 2.35. The van der Waals surface area contributed by atoms with Crippen LogP contribution in [0.15, 0.2) is 36.4 Å². The van der Waals surface area contributed by atoms with Crippen molar-refractivity contribution < 1.29 is 9.90 Å². The number of benzene rings is 1. The lowest BCUT2D eigenvalue weighted by molar-refractivity contribution is -0.132. The highest BCUT2D eigenvalue weighted by molar-refractivity contribution is 5.88. The zero-order valence-electron chi connectivity index (χ0n) is 7.86. The summed E-state index contributed by atoms with van der Waals surface area (Å²) in [5.41, 5.74) is 2.72. The van der Waals surface area contributed by atoms with Crippen molar-refractivity contribution in [3.63, 3.8) is 0 Å². The summed E-state index contributed by atoms with van der Waals surface area (Å²) in [6.45, 7) is 3.64. The first-order valence-corrected chi connectivity index (χ1v) is 4.70. The van der Waals surface area contributed by atoms with Crippen LogP contribution in [0.3, 0.4) is 0 Å². The molecule has 0 aliphatic heterocycles. The van der Waals surface area contributed by atoms with Crippen LogP contribution in [0.4, 0.5) is 0 Å². The quantitative estimate of drug-likeness (QED) is 0.723. The van der Waals surface area contributed by atoms with Crippen LogP contribution in [0.2, 0.25) is 0 Å². The lowest BCUT2D eigenvalue weighted by Crippen LogP contribution is -2.07. The maximum atomic E-state index is 10.8. The number of aliphatic carboxylic acids is 1. The van der Waals surface area contributed by atoms with E-state index in [1.165, 1.54) is 5.56 Å². The number of aryl methyl sites for hydroxylation is 1. The minimum absolute atomic E-state index is 0.0173. The molecule has 2 heteroatoms. The summed E-state index contributed by atoms with van der Waals surface area (Å²) in [7, 11) is 0. The van der Waals surface area contributed by atoms with Crippen LogP contribution in [-0.2, 0) is 11.2 Å². The van der Waals surface area contributed by atoms with Crippen LogP contribution < -0.4 is 0 Å². The van der Waals surface area contributed by atoms with Crippen molar-refractivity contribution in [1.82, 2.24) is 0 Å². The Morgan fingerprint density at radius 2 is 2.14 bits per heavy atom. The zero-order chi connectivity index (χ0) is 10.1. The van der Waals surface area contributed by atoms with Gasteiger partial charge in [0.15, 0.2) is 0 Å². The second-order valence-electron chi connectivity index (χ2n) is 3.62. The van der Waals surface area contributed by atoms with Crippen LogP contribution in [0.25, 0.3) is 0 Å². The molecule has 1 aromatic rings. The topological polar surface area (TPSA) is 37.3 Å². The second-order valence-corrected chi connectivity index (χ2v) is 3.62. The molecule has 14 heavy (non-hydrogen) atoms. The third kappa shape index (κ3) is 1.33. The molecule has 0 heterocycles. The van der Waals surface area contributed by atoms with Crippen molar-refractivity contribution in [3.05, 3.63) is 47.5 Å². The van der Waals surface area contributed by atoms with E-state index in [-0.39, 0.29) is 5.92 Å². The summed E-state index contributed by atoms with van der Waals surface area (Å²) in [4.78, 5) is 10.8. The molecule has 0 fully saturated rings. The van der Waals surface area contributed by atoms with Crippen LogP contribution in [-0.4, -0.2) is 11.1 Å². The second kappa shape index (κ2) is 3.29. The van der Waals surface area contributed by atoms with E-state index >= 15 is 0 Å². The highest BCUT2D eigenvalue weighted by Gasteiger charge is 2.27. The number of hydrogen-bond acceptors (Lipinski definition) is 1. The molecule has 0 aromatic heterocycles.